The topological polar surface area (TPSA) is 149 Å². The fourth-order valence-electron chi connectivity index (χ4n) is 5.42. The summed E-state index contributed by atoms with van der Waals surface area (Å²) in [5.74, 6) is -1.87. The van der Waals surface area contributed by atoms with Gasteiger partial charge in [-0.2, -0.15) is 0 Å². The van der Waals surface area contributed by atoms with E-state index < -0.39 is 30.5 Å². The molecule has 13 heteroatoms. The molecule has 1 aliphatic rings. The van der Waals surface area contributed by atoms with Crippen LogP contribution >= 0.6 is 11.6 Å². The summed E-state index contributed by atoms with van der Waals surface area (Å²) < 4.78 is 20.5. The second-order valence-corrected chi connectivity index (χ2v) is 11.9. The Morgan fingerprint density at radius 3 is 2.46 bits per heavy atom. The van der Waals surface area contributed by atoms with Crippen molar-refractivity contribution in [3.63, 3.8) is 0 Å². The van der Waals surface area contributed by atoms with E-state index in [-0.39, 0.29) is 29.9 Å². The molecule has 0 spiro atoms. The molecule has 1 N–H and O–H groups in total. The van der Waals surface area contributed by atoms with Crippen molar-refractivity contribution in [3.8, 4) is 0 Å². The number of ether oxygens (including phenoxy) is 2. The molecule has 3 aromatic carbocycles. The van der Waals surface area contributed by atoms with Crippen molar-refractivity contribution in [2.75, 3.05) is 30.4 Å². The van der Waals surface area contributed by atoms with Gasteiger partial charge in [-0.15, -0.1) is 0 Å². The predicted octanol–water partition coefficient (Wildman–Crippen LogP) is 6.36. The standard InChI is InChI=1S/C35H34ClN3O9/c1-20-8-5-6-9-25(20)32(41)37-24-12-13-26(21(2)16-24)33(42)39-15-7-10-29(27-17-23(36)11-14-28(27)39)47-31(40)18-38(4)34(43)45-19-30-22(3)46-35(44)48-30/h5-6,8-9,11-14,16-17,29H,7,10,15,18-19H2,1-4H3,(H,37,41). The molecule has 48 heavy (non-hydrogen) atoms. The lowest BCUT2D eigenvalue weighted by molar-refractivity contribution is -0.150. The zero-order chi connectivity index (χ0) is 34.5. The largest absolute Gasteiger partial charge is 0.519 e. The molecule has 0 aliphatic carbocycles. The third-order valence-electron chi connectivity index (χ3n) is 7.94. The molecule has 12 nitrogen and oxygen atoms in total. The van der Waals surface area contributed by atoms with Gasteiger partial charge < -0.3 is 33.4 Å². The first-order valence-electron chi connectivity index (χ1n) is 15.2. The SMILES string of the molecule is Cc1ccccc1C(=O)Nc1ccc(C(=O)N2CCCC(OC(=O)CN(C)C(=O)OCc3oc(=O)oc3C)c3cc(Cl)ccc32)c(C)c1. The highest BCUT2D eigenvalue weighted by Crippen LogP contribution is 2.38. The van der Waals surface area contributed by atoms with E-state index in [1.54, 1.807) is 60.4 Å². The monoisotopic (exact) mass is 675 g/mol. The Labute approximate surface area is 281 Å². The van der Waals surface area contributed by atoms with Gasteiger partial charge in [0.05, 0.1) is 5.69 Å². The molecule has 250 valence electrons. The number of halogens is 1. The van der Waals surface area contributed by atoms with Crippen LogP contribution in [0.2, 0.25) is 5.02 Å². The van der Waals surface area contributed by atoms with E-state index in [1.165, 1.54) is 14.0 Å². The number of fused-ring (bicyclic) bond motifs is 1. The fraction of sp³-hybridized carbons (Fsp3) is 0.286. The number of esters is 1. The lowest BCUT2D eigenvalue weighted by atomic mass is 10.0. The van der Waals surface area contributed by atoms with Gasteiger partial charge in [-0.05, 0) is 87.2 Å². The third kappa shape index (κ3) is 7.77. The first-order valence-corrected chi connectivity index (χ1v) is 15.5. The highest BCUT2D eigenvalue weighted by Gasteiger charge is 2.31. The Morgan fingerprint density at radius 1 is 0.979 bits per heavy atom. The molecule has 1 atom stereocenters. The van der Waals surface area contributed by atoms with Crippen LogP contribution in [0, 0.1) is 20.8 Å². The van der Waals surface area contributed by atoms with Gasteiger partial charge in [-0.3, -0.25) is 14.4 Å². The van der Waals surface area contributed by atoms with Gasteiger partial charge in [0.1, 0.15) is 12.6 Å². The van der Waals surface area contributed by atoms with E-state index in [0.717, 1.165) is 10.5 Å². The molecule has 0 fully saturated rings. The van der Waals surface area contributed by atoms with Gasteiger partial charge in [-0.1, -0.05) is 29.8 Å². The molecule has 5 rings (SSSR count). The van der Waals surface area contributed by atoms with Crippen LogP contribution < -0.4 is 16.0 Å². The molecule has 0 saturated carbocycles. The molecule has 3 amide bonds. The van der Waals surface area contributed by atoms with Gasteiger partial charge in [0.15, 0.2) is 18.1 Å². The van der Waals surface area contributed by atoms with E-state index in [9.17, 15) is 24.0 Å². The summed E-state index contributed by atoms with van der Waals surface area (Å²) in [6, 6.07) is 17.5. The zero-order valence-corrected chi connectivity index (χ0v) is 27.6. The van der Waals surface area contributed by atoms with Crippen LogP contribution in [0.3, 0.4) is 0 Å². The number of likely N-dealkylation sites (N-methyl/N-ethyl adjacent to an activating group) is 1. The summed E-state index contributed by atoms with van der Waals surface area (Å²) in [6.45, 7) is 4.74. The van der Waals surface area contributed by atoms with E-state index in [4.69, 9.17) is 29.9 Å². The molecule has 0 bridgehead atoms. The second-order valence-electron chi connectivity index (χ2n) is 11.4. The number of amides is 3. The van der Waals surface area contributed by atoms with E-state index >= 15 is 0 Å². The molecule has 0 radical (unpaired) electrons. The van der Waals surface area contributed by atoms with E-state index in [0.29, 0.717) is 58.0 Å². The van der Waals surface area contributed by atoms with E-state index in [2.05, 4.69) is 5.32 Å². The average molecular weight is 676 g/mol. The number of rotatable bonds is 8. The van der Waals surface area contributed by atoms with Crippen LogP contribution in [-0.2, 0) is 20.9 Å². The minimum atomic E-state index is -0.910. The van der Waals surface area contributed by atoms with Crippen LogP contribution in [0.15, 0.2) is 74.3 Å². The van der Waals surface area contributed by atoms with Gasteiger partial charge in [0.2, 0.25) is 0 Å². The fourth-order valence-corrected chi connectivity index (χ4v) is 5.60. The van der Waals surface area contributed by atoms with Crippen molar-refractivity contribution in [1.29, 1.82) is 0 Å². The Morgan fingerprint density at radius 2 is 1.75 bits per heavy atom. The van der Waals surface area contributed by atoms with Gasteiger partial charge in [0.25, 0.3) is 11.8 Å². The molecule has 1 aromatic heterocycles. The quantitative estimate of drug-likeness (QED) is 0.211. The smallest absolute Gasteiger partial charge is 0.456 e. The maximum absolute atomic E-state index is 14.0. The molecule has 0 saturated heterocycles. The number of carbonyl (C=O) groups is 4. The predicted molar refractivity (Wildman–Crippen MR) is 176 cm³/mol. The normalized spacial score (nSPS) is 14.0. The molecule has 1 aliphatic heterocycles. The first kappa shape index (κ1) is 34.0. The maximum atomic E-state index is 14.0. The number of hydrogen-bond acceptors (Lipinski definition) is 9. The number of aryl methyl sites for hydroxylation is 3. The summed E-state index contributed by atoms with van der Waals surface area (Å²) in [5, 5.41) is 3.30. The minimum absolute atomic E-state index is 0.0615. The minimum Gasteiger partial charge on any atom is -0.456 e. The Bertz CT molecular complexity index is 1930. The zero-order valence-electron chi connectivity index (χ0n) is 26.8. The summed E-state index contributed by atoms with van der Waals surface area (Å²) in [6.07, 6.45) is -0.672. The summed E-state index contributed by atoms with van der Waals surface area (Å²) in [4.78, 5) is 66.1. The summed E-state index contributed by atoms with van der Waals surface area (Å²) >= 11 is 6.36. The molecular weight excluding hydrogens is 642 g/mol. The number of nitrogens with zero attached hydrogens (tertiary/aromatic N) is 2. The van der Waals surface area contributed by atoms with E-state index in [1.807, 2.05) is 19.1 Å². The lowest BCUT2D eigenvalue weighted by Gasteiger charge is -2.25. The van der Waals surface area contributed by atoms with Gasteiger partial charge in [0, 0.05) is 41.0 Å². The second kappa shape index (κ2) is 14.6. The maximum Gasteiger partial charge on any atom is 0.519 e. The average Bonchev–Trinajstić information content (AvgIpc) is 3.26. The van der Waals surface area contributed by atoms with Crippen molar-refractivity contribution in [2.24, 2.45) is 0 Å². The molecule has 2 heterocycles. The Hall–Kier alpha value is -5.36. The van der Waals surface area contributed by atoms with Crippen molar-refractivity contribution in [2.45, 2.75) is 46.3 Å². The molecule has 4 aromatic rings. The van der Waals surface area contributed by atoms with Crippen molar-refractivity contribution >= 4 is 46.9 Å². The van der Waals surface area contributed by atoms with Crippen molar-refractivity contribution in [1.82, 2.24) is 4.90 Å². The van der Waals surface area contributed by atoms with Gasteiger partial charge in [-0.25, -0.2) is 9.59 Å². The van der Waals surface area contributed by atoms with Crippen LogP contribution in [0.1, 0.15) is 67.9 Å². The molecular formula is C35H34ClN3O9. The van der Waals surface area contributed by atoms with Gasteiger partial charge >= 0.3 is 17.9 Å². The summed E-state index contributed by atoms with van der Waals surface area (Å²) in [7, 11) is 1.36. The number of benzene rings is 3. The lowest BCUT2D eigenvalue weighted by Crippen LogP contribution is -2.34. The third-order valence-corrected chi connectivity index (χ3v) is 8.17. The first-order chi connectivity index (χ1) is 22.9. The van der Waals surface area contributed by atoms with Crippen LogP contribution in [0.4, 0.5) is 16.2 Å². The van der Waals surface area contributed by atoms with Crippen LogP contribution in [0.25, 0.3) is 0 Å². The Kier molecular flexibility index (Phi) is 10.3. The number of anilines is 2. The summed E-state index contributed by atoms with van der Waals surface area (Å²) in [5.41, 5.74) is 4.19. The molecule has 1 unspecified atom stereocenters. The number of hydrogen-bond donors (Lipinski definition) is 1. The Balaban J connectivity index is 1.27. The van der Waals surface area contributed by atoms with Crippen LogP contribution in [-0.4, -0.2) is 48.9 Å². The van der Waals surface area contributed by atoms with Crippen molar-refractivity contribution < 1.29 is 37.5 Å². The number of carbonyl (C=O) groups excluding carboxylic acids is 4. The van der Waals surface area contributed by atoms with Crippen LogP contribution in [0.5, 0.6) is 0 Å². The highest BCUT2D eigenvalue weighted by molar-refractivity contribution is 6.30. The highest BCUT2D eigenvalue weighted by atomic mass is 35.5. The number of nitrogens with one attached hydrogen (secondary N) is 1. The van der Waals surface area contributed by atoms with Crippen molar-refractivity contribution in [3.05, 3.63) is 116 Å².